The Kier molecular flexibility index (Phi) is 11.1. The van der Waals surface area contributed by atoms with Crippen LogP contribution in [0.5, 0.6) is 5.88 Å². The van der Waals surface area contributed by atoms with E-state index in [-0.39, 0.29) is 24.0 Å². The molecule has 0 aliphatic carbocycles. The summed E-state index contributed by atoms with van der Waals surface area (Å²) in [6.07, 6.45) is 1.71. The second kappa shape index (κ2) is 12.7. The molecule has 27 heavy (non-hydrogen) atoms. The number of halogens is 2. The molecule has 0 atom stereocenters. The molecule has 0 aliphatic heterocycles. The van der Waals surface area contributed by atoms with Crippen molar-refractivity contribution in [3.05, 3.63) is 58.7 Å². The Morgan fingerprint density at radius 1 is 1.19 bits per heavy atom. The molecule has 0 aliphatic rings. The van der Waals surface area contributed by atoms with Gasteiger partial charge in [-0.2, -0.15) is 0 Å². The van der Waals surface area contributed by atoms with Crippen LogP contribution in [0, 0.1) is 0 Å². The molecular formula is C19H26ClIN4O2. The maximum Gasteiger partial charge on any atom is 0.218 e. The minimum atomic E-state index is 0. The van der Waals surface area contributed by atoms with E-state index in [0.29, 0.717) is 32.2 Å². The summed E-state index contributed by atoms with van der Waals surface area (Å²) in [5, 5.41) is 4.08. The zero-order chi connectivity index (χ0) is 18.8. The predicted molar refractivity (Wildman–Crippen MR) is 120 cm³/mol. The van der Waals surface area contributed by atoms with Crippen molar-refractivity contribution in [1.29, 1.82) is 0 Å². The Labute approximate surface area is 183 Å². The summed E-state index contributed by atoms with van der Waals surface area (Å²) >= 11 is 6.25. The largest absolute Gasteiger partial charge is 0.475 e. The van der Waals surface area contributed by atoms with Gasteiger partial charge in [-0.1, -0.05) is 35.9 Å². The molecule has 0 saturated heterocycles. The SMILES string of the molecule is CN=C(NCc1cccnc1OCCOC)N(C)Cc1ccccc1Cl.I. The second-order valence-corrected chi connectivity index (χ2v) is 6.06. The van der Waals surface area contributed by atoms with Crippen molar-refractivity contribution >= 4 is 41.5 Å². The fourth-order valence-electron chi connectivity index (χ4n) is 2.43. The first-order chi connectivity index (χ1) is 12.7. The zero-order valence-corrected chi connectivity index (χ0v) is 18.9. The molecular weight excluding hydrogens is 479 g/mol. The standard InChI is InChI=1S/C19H25ClN4O2.HI/c1-21-19(24(2)14-16-7-4-5-9-17(16)20)23-13-15-8-6-10-22-18(15)26-12-11-25-3;/h4-10H,11-14H2,1-3H3,(H,21,23);1H. The van der Waals surface area contributed by atoms with Gasteiger partial charge < -0.3 is 19.7 Å². The van der Waals surface area contributed by atoms with Crippen LogP contribution in [-0.2, 0) is 17.8 Å². The van der Waals surface area contributed by atoms with Crippen molar-refractivity contribution in [3.63, 3.8) is 0 Å². The molecule has 0 unspecified atom stereocenters. The van der Waals surface area contributed by atoms with Crippen LogP contribution in [0.25, 0.3) is 0 Å². The van der Waals surface area contributed by atoms with Gasteiger partial charge >= 0.3 is 0 Å². The summed E-state index contributed by atoms with van der Waals surface area (Å²) in [7, 11) is 5.37. The molecule has 6 nitrogen and oxygen atoms in total. The predicted octanol–water partition coefficient (Wildman–Crippen LogP) is 3.59. The average molecular weight is 505 g/mol. The monoisotopic (exact) mass is 504 g/mol. The third kappa shape index (κ3) is 7.51. The van der Waals surface area contributed by atoms with Crippen LogP contribution in [0.1, 0.15) is 11.1 Å². The molecule has 0 bridgehead atoms. The van der Waals surface area contributed by atoms with Crippen LogP contribution < -0.4 is 10.1 Å². The Hall–Kier alpha value is -1.58. The molecule has 2 aromatic rings. The number of nitrogens with one attached hydrogen (secondary N) is 1. The van der Waals surface area contributed by atoms with Crippen molar-refractivity contribution in [2.24, 2.45) is 4.99 Å². The number of hydrogen-bond acceptors (Lipinski definition) is 4. The fraction of sp³-hybridized carbons (Fsp3) is 0.368. The Morgan fingerprint density at radius 2 is 1.93 bits per heavy atom. The Bertz CT molecular complexity index is 730. The molecule has 0 saturated carbocycles. The number of aliphatic imine (C=N–C) groups is 1. The van der Waals surface area contributed by atoms with Gasteiger partial charge in [0.05, 0.1) is 6.61 Å². The summed E-state index contributed by atoms with van der Waals surface area (Å²) < 4.78 is 10.7. The first-order valence-corrected chi connectivity index (χ1v) is 8.74. The molecule has 2 rings (SSSR count). The number of hydrogen-bond donors (Lipinski definition) is 1. The third-order valence-corrected chi connectivity index (χ3v) is 4.12. The minimum absolute atomic E-state index is 0. The fourth-order valence-corrected chi connectivity index (χ4v) is 2.62. The van der Waals surface area contributed by atoms with Gasteiger partial charge in [-0.25, -0.2) is 4.98 Å². The average Bonchev–Trinajstić information content (AvgIpc) is 2.65. The molecule has 1 aromatic carbocycles. The van der Waals surface area contributed by atoms with Crippen LogP contribution in [0.4, 0.5) is 0 Å². The van der Waals surface area contributed by atoms with E-state index in [1.807, 2.05) is 48.3 Å². The van der Waals surface area contributed by atoms with Crippen molar-refractivity contribution in [3.8, 4) is 5.88 Å². The van der Waals surface area contributed by atoms with E-state index in [1.54, 1.807) is 20.4 Å². The highest BCUT2D eigenvalue weighted by molar-refractivity contribution is 14.0. The van der Waals surface area contributed by atoms with Gasteiger partial charge in [0.25, 0.3) is 0 Å². The summed E-state index contributed by atoms with van der Waals surface area (Å²) in [6.45, 7) is 2.19. The van der Waals surface area contributed by atoms with E-state index in [4.69, 9.17) is 21.1 Å². The summed E-state index contributed by atoms with van der Waals surface area (Å²) in [4.78, 5) is 10.6. The number of nitrogens with zero attached hydrogens (tertiary/aromatic N) is 3. The Morgan fingerprint density at radius 3 is 2.63 bits per heavy atom. The quantitative estimate of drug-likeness (QED) is 0.258. The minimum Gasteiger partial charge on any atom is -0.475 e. The summed E-state index contributed by atoms with van der Waals surface area (Å²) in [5.74, 6) is 1.36. The number of ether oxygens (including phenoxy) is 2. The van der Waals surface area contributed by atoms with E-state index in [0.717, 1.165) is 22.1 Å². The van der Waals surface area contributed by atoms with E-state index < -0.39 is 0 Å². The first kappa shape index (κ1) is 23.5. The van der Waals surface area contributed by atoms with E-state index in [2.05, 4.69) is 15.3 Å². The highest BCUT2D eigenvalue weighted by Gasteiger charge is 2.10. The van der Waals surface area contributed by atoms with Gasteiger partial charge in [-0.15, -0.1) is 24.0 Å². The van der Waals surface area contributed by atoms with Crippen molar-refractivity contribution in [2.45, 2.75) is 13.1 Å². The lowest BCUT2D eigenvalue weighted by Gasteiger charge is -2.23. The normalized spacial score (nSPS) is 10.9. The third-order valence-electron chi connectivity index (χ3n) is 3.75. The van der Waals surface area contributed by atoms with Crippen LogP contribution in [-0.4, -0.2) is 50.3 Å². The van der Waals surface area contributed by atoms with Crippen LogP contribution in [0.15, 0.2) is 47.6 Å². The molecule has 8 heteroatoms. The smallest absolute Gasteiger partial charge is 0.218 e. The van der Waals surface area contributed by atoms with E-state index in [1.165, 1.54) is 0 Å². The number of benzene rings is 1. The van der Waals surface area contributed by atoms with Gasteiger partial charge in [0.1, 0.15) is 6.61 Å². The number of pyridine rings is 1. The number of methoxy groups -OCH3 is 1. The molecule has 1 heterocycles. The molecule has 0 radical (unpaired) electrons. The van der Waals surface area contributed by atoms with E-state index in [9.17, 15) is 0 Å². The van der Waals surface area contributed by atoms with Gasteiger partial charge in [-0.05, 0) is 17.7 Å². The maximum atomic E-state index is 6.25. The topological polar surface area (TPSA) is 59.0 Å². The number of rotatable bonds is 8. The zero-order valence-electron chi connectivity index (χ0n) is 15.8. The molecule has 1 aromatic heterocycles. The van der Waals surface area contributed by atoms with Gasteiger partial charge in [0.15, 0.2) is 5.96 Å². The lowest BCUT2D eigenvalue weighted by atomic mass is 10.2. The van der Waals surface area contributed by atoms with Crippen LogP contribution in [0.2, 0.25) is 5.02 Å². The number of guanidine groups is 1. The highest BCUT2D eigenvalue weighted by atomic mass is 127. The summed E-state index contributed by atoms with van der Waals surface area (Å²) in [6, 6.07) is 11.7. The highest BCUT2D eigenvalue weighted by Crippen LogP contribution is 2.17. The van der Waals surface area contributed by atoms with Crippen molar-refractivity contribution in [2.75, 3.05) is 34.4 Å². The van der Waals surface area contributed by atoms with Crippen molar-refractivity contribution in [1.82, 2.24) is 15.2 Å². The van der Waals surface area contributed by atoms with E-state index >= 15 is 0 Å². The van der Waals surface area contributed by atoms with Crippen LogP contribution >= 0.6 is 35.6 Å². The van der Waals surface area contributed by atoms with Crippen LogP contribution in [0.3, 0.4) is 0 Å². The maximum absolute atomic E-state index is 6.25. The lowest BCUT2D eigenvalue weighted by Crippen LogP contribution is -2.38. The van der Waals surface area contributed by atoms with Gasteiger partial charge in [-0.3, -0.25) is 4.99 Å². The number of aromatic nitrogens is 1. The van der Waals surface area contributed by atoms with Gasteiger partial charge in [0, 0.05) is 51.1 Å². The molecule has 1 N–H and O–H groups in total. The van der Waals surface area contributed by atoms with Crippen molar-refractivity contribution < 1.29 is 9.47 Å². The first-order valence-electron chi connectivity index (χ1n) is 8.36. The summed E-state index contributed by atoms with van der Waals surface area (Å²) in [5.41, 5.74) is 2.00. The molecule has 0 spiro atoms. The second-order valence-electron chi connectivity index (χ2n) is 5.66. The Balaban J connectivity index is 0.00000364. The molecule has 0 fully saturated rings. The molecule has 0 amide bonds. The lowest BCUT2D eigenvalue weighted by molar-refractivity contribution is 0.143. The van der Waals surface area contributed by atoms with Gasteiger partial charge in [0.2, 0.25) is 5.88 Å². The molecule has 148 valence electrons.